The molecule has 2 aromatic carbocycles. The summed E-state index contributed by atoms with van der Waals surface area (Å²) < 4.78 is 25.4. The molecule has 0 fully saturated rings. The van der Waals surface area contributed by atoms with Crippen molar-refractivity contribution in [2.75, 3.05) is 16.3 Å². The minimum Gasteiger partial charge on any atom is -0.302 e. The maximum Gasteiger partial charge on any atom is 0.230 e. The van der Waals surface area contributed by atoms with Crippen molar-refractivity contribution in [2.45, 2.75) is 13.3 Å². The highest BCUT2D eigenvalue weighted by Gasteiger charge is 2.14. The van der Waals surface area contributed by atoms with Gasteiger partial charge in [-0.15, -0.1) is 0 Å². The Hall–Kier alpha value is -2.71. The monoisotopic (exact) mass is 401 g/mol. The van der Waals surface area contributed by atoms with Gasteiger partial charge in [0, 0.05) is 0 Å². The van der Waals surface area contributed by atoms with Crippen LogP contribution in [0.2, 0.25) is 0 Å². The summed E-state index contributed by atoms with van der Waals surface area (Å²) in [6.07, 6.45) is 1.12. The van der Waals surface area contributed by atoms with E-state index >= 15 is 0 Å². The number of benzene rings is 2. The Balaban J connectivity index is 1.74. The summed E-state index contributed by atoms with van der Waals surface area (Å²) in [5.41, 5.74) is 2.89. The molecule has 0 bridgehead atoms. The first-order valence-electron chi connectivity index (χ1n) is 8.20. The van der Waals surface area contributed by atoms with Crippen LogP contribution in [0.5, 0.6) is 0 Å². The van der Waals surface area contributed by atoms with Crippen LogP contribution in [-0.2, 0) is 21.2 Å². The van der Waals surface area contributed by atoms with Crippen molar-refractivity contribution in [3.63, 3.8) is 0 Å². The SMILES string of the molecule is Cc1nc(NC(=O)Cc2ccccc2NS(C)(=O)=O)sc1-c1ccccc1. The molecule has 0 aliphatic rings. The van der Waals surface area contributed by atoms with Crippen molar-refractivity contribution in [2.24, 2.45) is 0 Å². The number of hydrogen-bond donors (Lipinski definition) is 2. The van der Waals surface area contributed by atoms with Crippen molar-refractivity contribution in [3.05, 3.63) is 65.9 Å². The third-order valence-electron chi connectivity index (χ3n) is 3.74. The number of para-hydroxylation sites is 1. The molecule has 6 nitrogen and oxygen atoms in total. The fourth-order valence-corrected chi connectivity index (χ4v) is 4.20. The van der Waals surface area contributed by atoms with Gasteiger partial charge < -0.3 is 5.32 Å². The van der Waals surface area contributed by atoms with E-state index in [2.05, 4.69) is 15.0 Å². The van der Waals surface area contributed by atoms with Gasteiger partial charge in [0.25, 0.3) is 0 Å². The van der Waals surface area contributed by atoms with E-state index < -0.39 is 10.0 Å². The first-order valence-corrected chi connectivity index (χ1v) is 10.9. The summed E-state index contributed by atoms with van der Waals surface area (Å²) in [5.74, 6) is -0.258. The lowest BCUT2D eigenvalue weighted by molar-refractivity contribution is -0.115. The Labute approximate surface area is 162 Å². The highest BCUT2D eigenvalue weighted by atomic mass is 32.2. The number of aryl methyl sites for hydroxylation is 1. The average molecular weight is 402 g/mol. The summed E-state index contributed by atoms with van der Waals surface area (Å²) in [5, 5.41) is 3.32. The van der Waals surface area contributed by atoms with E-state index in [0.717, 1.165) is 22.4 Å². The van der Waals surface area contributed by atoms with Crippen LogP contribution >= 0.6 is 11.3 Å². The van der Waals surface area contributed by atoms with Gasteiger partial charge in [0.05, 0.1) is 28.9 Å². The predicted molar refractivity (Wildman–Crippen MR) is 110 cm³/mol. The number of nitrogens with one attached hydrogen (secondary N) is 2. The molecule has 0 radical (unpaired) electrons. The minimum absolute atomic E-state index is 0.0397. The van der Waals surface area contributed by atoms with Crippen LogP contribution in [0.4, 0.5) is 10.8 Å². The molecule has 3 rings (SSSR count). The zero-order valence-electron chi connectivity index (χ0n) is 14.9. The third-order valence-corrected chi connectivity index (χ3v) is 5.46. The molecule has 8 heteroatoms. The van der Waals surface area contributed by atoms with Crippen LogP contribution in [0.25, 0.3) is 10.4 Å². The van der Waals surface area contributed by atoms with Gasteiger partial charge in [0.1, 0.15) is 0 Å². The molecule has 27 heavy (non-hydrogen) atoms. The molecule has 0 aliphatic heterocycles. The maximum absolute atomic E-state index is 12.4. The quantitative estimate of drug-likeness (QED) is 0.660. The molecule has 2 N–H and O–H groups in total. The molecular formula is C19H19N3O3S2. The average Bonchev–Trinajstić information content (AvgIpc) is 2.96. The number of sulfonamides is 1. The van der Waals surface area contributed by atoms with E-state index in [0.29, 0.717) is 16.4 Å². The molecule has 0 saturated heterocycles. The third kappa shape index (κ3) is 5.15. The first kappa shape index (κ1) is 19.1. The van der Waals surface area contributed by atoms with E-state index in [9.17, 15) is 13.2 Å². The standard InChI is InChI=1S/C19H19N3O3S2/c1-13-18(14-8-4-3-5-9-14)26-19(20-13)21-17(23)12-15-10-6-7-11-16(15)22-27(2,24)25/h3-11,22H,12H2,1-2H3,(H,20,21,23). The van der Waals surface area contributed by atoms with Gasteiger partial charge >= 0.3 is 0 Å². The molecule has 1 aromatic heterocycles. The van der Waals surface area contributed by atoms with Crippen LogP contribution < -0.4 is 10.0 Å². The molecule has 0 atom stereocenters. The van der Waals surface area contributed by atoms with Gasteiger partial charge in [-0.2, -0.15) is 0 Å². The lowest BCUT2D eigenvalue weighted by Gasteiger charge is -2.10. The zero-order valence-corrected chi connectivity index (χ0v) is 16.5. The largest absolute Gasteiger partial charge is 0.302 e. The highest BCUT2D eigenvalue weighted by molar-refractivity contribution is 7.92. The number of amides is 1. The van der Waals surface area contributed by atoms with Gasteiger partial charge in [-0.05, 0) is 24.1 Å². The number of anilines is 2. The smallest absolute Gasteiger partial charge is 0.230 e. The van der Waals surface area contributed by atoms with Crippen LogP contribution in [0.3, 0.4) is 0 Å². The summed E-state index contributed by atoms with van der Waals surface area (Å²) >= 11 is 1.41. The summed E-state index contributed by atoms with van der Waals surface area (Å²) in [4.78, 5) is 17.9. The van der Waals surface area contributed by atoms with Gasteiger partial charge in [0.15, 0.2) is 5.13 Å². The second-order valence-electron chi connectivity index (χ2n) is 6.06. The predicted octanol–water partition coefficient (Wildman–Crippen LogP) is 3.67. The van der Waals surface area contributed by atoms with Crippen LogP contribution in [0.15, 0.2) is 54.6 Å². The van der Waals surface area contributed by atoms with Crippen molar-refractivity contribution in [3.8, 4) is 10.4 Å². The van der Waals surface area contributed by atoms with E-state index in [1.165, 1.54) is 11.3 Å². The second-order valence-corrected chi connectivity index (χ2v) is 8.80. The lowest BCUT2D eigenvalue weighted by atomic mass is 10.1. The number of aromatic nitrogens is 1. The van der Waals surface area contributed by atoms with Crippen molar-refractivity contribution in [1.29, 1.82) is 0 Å². The van der Waals surface area contributed by atoms with Gasteiger partial charge in [-0.1, -0.05) is 59.9 Å². The molecule has 1 amide bonds. The summed E-state index contributed by atoms with van der Waals surface area (Å²) in [6, 6.07) is 16.7. The fourth-order valence-electron chi connectivity index (χ4n) is 2.62. The van der Waals surface area contributed by atoms with E-state index in [1.807, 2.05) is 37.3 Å². The molecule has 0 aliphatic carbocycles. The van der Waals surface area contributed by atoms with Gasteiger partial charge in [-0.3, -0.25) is 9.52 Å². The molecule has 1 heterocycles. The number of rotatable bonds is 6. The number of nitrogens with zero attached hydrogens (tertiary/aromatic N) is 1. The number of thiazole rings is 1. The minimum atomic E-state index is -3.42. The normalized spacial score (nSPS) is 11.2. The fraction of sp³-hybridized carbons (Fsp3) is 0.158. The van der Waals surface area contributed by atoms with Crippen molar-refractivity contribution < 1.29 is 13.2 Å². The van der Waals surface area contributed by atoms with Crippen molar-refractivity contribution in [1.82, 2.24) is 4.98 Å². The van der Waals surface area contributed by atoms with E-state index in [4.69, 9.17) is 0 Å². The summed E-state index contributed by atoms with van der Waals surface area (Å²) in [6.45, 7) is 1.90. The molecule has 0 saturated carbocycles. The Morgan fingerprint density at radius 1 is 1.07 bits per heavy atom. The molecule has 3 aromatic rings. The van der Waals surface area contributed by atoms with Gasteiger partial charge in [0.2, 0.25) is 15.9 Å². The van der Waals surface area contributed by atoms with Crippen LogP contribution in [-0.4, -0.2) is 25.6 Å². The Bertz CT molecular complexity index is 1060. The van der Waals surface area contributed by atoms with E-state index in [1.54, 1.807) is 24.3 Å². The van der Waals surface area contributed by atoms with Gasteiger partial charge in [-0.25, -0.2) is 13.4 Å². The number of carbonyl (C=O) groups excluding carboxylic acids is 1. The second kappa shape index (κ2) is 7.89. The topological polar surface area (TPSA) is 88.2 Å². The van der Waals surface area contributed by atoms with E-state index in [-0.39, 0.29) is 12.3 Å². The highest BCUT2D eigenvalue weighted by Crippen LogP contribution is 2.32. The Morgan fingerprint density at radius 3 is 2.44 bits per heavy atom. The maximum atomic E-state index is 12.4. The summed E-state index contributed by atoms with van der Waals surface area (Å²) in [7, 11) is -3.42. The zero-order chi connectivity index (χ0) is 19.4. The lowest BCUT2D eigenvalue weighted by Crippen LogP contribution is -2.17. The molecule has 0 spiro atoms. The first-order chi connectivity index (χ1) is 12.8. The molecular weight excluding hydrogens is 382 g/mol. The Morgan fingerprint density at radius 2 is 1.74 bits per heavy atom. The van der Waals surface area contributed by atoms with Crippen molar-refractivity contribution >= 4 is 38.1 Å². The van der Waals surface area contributed by atoms with Crippen LogP contribution in [0.1, 0.15) is 11.3 Å². The Kier molecular flexibility index (Phi) is 5.57. The number of hydrogen-bond acceptors (Lipinski definition) is 5. The van der Waals surface area contributed by atoms with Crippen LogP contribution in [0, 0.1) is 6.92 Å². The molecule has 140 valence electrons. The molecule has 0 unspecified atom stereocenters. The number of carbonyl (C=O) groups is 1.